The summed E-state index contributed by atoms with van der Waals surface area (Å²) in [5, 5.41) is 2.96. The molecule has 1 heterocycles. The fourth-order valence-electron chi connectivity index (χ4n) is 1.91. The molecule has 0 aliphatic carbocycles. The van der Waals surface area contributed by atoms with Crippen LogP contribution >= 0.6 is 11.8 Å². The maximum atomic E-state index is 12.0. The Morgan fingerprint density at radius 1 is 1.28 bits per heavy atom. The van der Waals surface area contributed by atoms with E-state index >= 15 is 0 Å². The van der Waals surface area contributed by atoms with Crippen molar-refractivity contribution < 1.29 is 9.53 Å². The smallest absolute Gasteiger partial charge is 0.238 e. The summed E-state index contributed by atoms with van der Waals surface area (Å²) in [4.78, 5) is 13.1. The molecule has 98 valence electrons. The summed E-state index contributed by atoms with van der Waals surface area (Å²) in [6, 6.07) is 5.90. The van der Waals surface area contributed by atoms with Gasteiger partial charge in [0, 0.05) is 4.90 Å². The normalized spacial score (nSPS) is 18.8. The molecular formula is C14H19NO2S. The van der Waals surface area contributed by atoms with E-state index in [0.29, 0.717) is 5.92 Å². The lowest BCUT2D eigenvalue weighted by Gasteiger charge is -2.28. The number of benzene rings is 1. The Hall–Kier alpha value is -1.16. The van der Waals surface area contributed by atoms with E-state index < -0.39 is 0 Å². The van der Waals surface area contributed by atoms with Crippen LogP contribution in [0.3, 0.4) is 0 Å². The van der Waals surface area contributed by atoms with Crippen molar-refractivity contribution in [3.05, 3.63) is 18.2 Å². The number of carbonyl (C=O) groups is 1. The van der Waals surface area contributed by atoms with Gasteiger partial charge in [0.05, 0.1) is 17.0 Å². The Bertz CT molecular complexity index is 457. The van der Waals surface area contributed by atoms with Crippen molar-refractivity contribution in [1.82, 2.24) is 0 Å². The van der Waals surface area contributed by atoms with Crippen molar-refractivity contribution in [2.45, 2.75) is 43.9 Å². The maximum Gasteiger partial charge on any atom is 0.238 e. The van der Waals surface area contributed by atoms with Crippen molar-refractivity contribution >= 4 is 23.4 Å². The van der Waals surface area contributed by atoms with Crippen LogP contribution in [0.15, 0.2) is 23.1 Å². The number of para-hydroxylation sites is 1. The van der Waals surface area contributed by atoms with Gasteiger partial charge in [-0.3, -0.25) is 4.79 Å². The highest BCUT2D eigenvalue weighted by Gasteiger charge is 2.31. The highest BCUT2D eigenvalue weighted by Crippen LogP contribution is 2.43. The molecule has 4 heteroatoms. The second-order valence-corrected chi connectivity index (χ2v) is 6.25. The minimum absolute atomic E-state index is 0.0215. The molecule has 0 aromatic heterocycles. The summed E-state index contributed by atoms with van der Waals surface area (Å²) in [5.41, 5.74) is 0.818. The zero-order valence-corrected chi connectivity index (χ0v) is 12.0. The van der Waals surface area contributed by atoms with Gasteiger partial charge in [0.15, 0.2) is 0 Å². The van der Waals surface area contributed by atoms with E-state index in [2.05, 4.69) is 19.2 Å². The van der Waals surface area contributed by atoms with Crippen LogP contribution in [-0.4, -0.2) is 17.3 Å². The van der Waals surface area contributed by atoms with Crippen LogP contribution in [0, 0.1) is 5.92 Å². The molecule has 1 aromatic carbocycles. The van der Waals surface area contributed by atoms with Crippen molar-refractivity contribution in [1.29, 1.82) is 0 Å². The Kier molecular flexibility index (Phi) is 3.85. The molecule has 2 rings (SSSR count). The number of fused-ring (bicyclic) bond motifs is 1. The SMILES string of the molecule is CC(C)Oc1cccc2c1NC(=O)C(C(C)C)S2. The molecule has 1 amide bonds. The number of thioether (sulfide) groups is 1. The van der Waals surface area contributed by atoms with Crippen molar-refractivity contribution in [3.8, 4) is 5.75 Å². The van der Waals surface area contributed by atoms with Crippen LogP contribution in [0.25, 0.3) is 0 Å². The van der Waals surface area contributed by atoms with Gasteiger partial charge < -0.3 is 10.1 Å². The van der Waals surface area contributed by atoms with Gasteiger partial charge in [-0.2, -0.15) is 0 Å². The molecule has 1 atom stereocenters. The van der Waals surface area contributed by atoms with Crippen LogP contribution < -0.4 is 10.1 Å². The third-order valence-electron chi connectivity index (χ3n) is 2.72. The van der Waals surface area contributed by atoms with E-state index in [9.17, 15) is 4.79 Å². The second kappa shape index (κ2) is 5.22. The van der Waals surface area contributed by atoms with Crippen LogP contribution in [0.4, 0.5) is 5.69 Å². The molecule has 1 aromatic rings. The van der Waals surface area contributed by atoms with Gasteiger partial charge in [0.2, 0.25) is 5.91 Å². The van der Waals surface area contributed by atoms with E-state index in [4.69, 9.17) is 4.74 Å². The van der Waals surface area contributed by atoms with Gasteiger partial charge in [0.1, 0.15) is 5.75 Å². The van der Waals surface area contributed by atoms with Gasteiger partial charge in [-0.1, -0.05) is 19.9 Å². The fraction of sp³-hybridized carbons (Fsp3) is 0.500. The van der Waals surface area contributed by atoms with Gasteiger partial charge in [0.25, 0.3) is 0 Å². The summed E-state index contributed by atoms with van der Waals surface area (Å²) in [6.07, 6.45) is 0.0984. The molecule has 1 aliphatic heterocycles. The number of carbonyl (C=O) groups excluding carboxylic acids is 1. The molecule has 3 nitrogen and oxygen atoms in total. The van der Waals surface area contributed by atoms with E-state index in [1.807, 2.05) is 32.0 Å². The average molecular weight is 265 g/mol. The first-order chi connectivity index (χ1) is 8.49. The molecule has 18 heavy (non-hydrogen) atoms. The molecule has 0 radical (unpaired) electrons. The summed E-state index contributed by atoms with van der Waals surface area (Å²) in [6.45, 7) is 8.09. The lowest BCUT2D eigenvalue weighted by atomic mass is 10.1. The van der Waals surface area contributed by atoms with E-state index in [-0.39, 0.29) is 17.3 Å². The number of rotatable bonds is 3. The van der Waals surface area contributed by atoms with Crippen LogP contribution in [0.2, 0.25) is 0 Å². The van der Waals surface area contributed by atoms with E-state index in [1.54, 1.807) is 11.8 Å². The van der Waals surface area contributed by atoms with Crippen LogP contribution in [0.5, 0.6) is 5.75 Å². The Morgan fingerprint density at radius 3 is 2.61 bits per heavy atom. The lowest BCUT2D eigenvalue weighted by Crippen LogP contribution is -2.33. The Labute approximate surface area is 112 Å². The third-order valence-corrected chi connectivity index (χ3v) is 4.32. The third kappa shape index (κ3) is 2.64. The van der Waals surface area contributed by atoms with Crippen molar-refractivity contribution in [3.63, 3.8) is 0 Å². The molecule has 1 N–H and O–H groups in total. The number of hydrogen-bond acceptors (Lipinski definition) is 3. The van der Waals surface area contributed by atoms with Gasteiger partial charge in [-0.05, 0) is 31.9 Å². The van der Waals surface area contributed by atoms with Crippen molar-refractivity contribution in [2.24, 2.45) is 5.92 Å². The van der Waals surface area contributed by atoms with E-state index in [0.717, 1.165) is 16.3 Å². The molecule has 0 bridgehead atoms. The highest BCUT2D eigenvalue weighted by atomic mass is 32.2. The average Bonchev–Trinajstić information content (AvgIpc) is 2.28. The number of anilines is 1. The second-order valence-electron chi connectivity index (χ2n) is 5.07. The largest absolute Gasteiger partial charge is 0.489 e. The summed E-state index contributed by atoms with van der Waals surface area (Å²) >= 11 is 1.62. The molecule has 0 spiro atoms. The molecule has 1 aliphatic rings. The van der Waals surface area contributed by atoms with Crippen LogP contribution in [0.1, 0.15) is 27.7 Å². The topological polar surface area (TPSA) is 38.3 Å². The van der Waals surface area contributed by atoms with E-state index in [1.165, 1.54) is 0 Å². The summed E-state index contributed by atoms with van der Waals surface area (Å²) in [5.74, 6) is 1.14. The first kappa shape index (κ1) is 13.3. The minimum atomic E-state index is -0.0215. The zero-order valence-electron chi connectivity index (χ0n) is 11.2. The maximum absolute atomic E-state index is 12.0. The lowest BCUT2D eigenvalue weighted by molar-refractivity contribution is -0.116. The number of nitrogens with one attached hydrogen (secondary N) is 1. The van der Waals surface area contributed by atoms with Gasteiger partial charge in [-0.15, -0.1) is 11.8 Å². The monoisotopic (exact) mass is 265 g/mol. The van der Waals surface area contributed by atoms with Gasteiger partial charge in [-0.25, -0.2) is 0 Å². The molecule has 0 saturated carbocycles. The number of amides is 1. The molecule has 0 fully saturated rings. The molecular weight excluding hydrogens is 246 g/mol. The highest BCUT2D eigenvalue weighted by molar-refractivity contribution is 8.01. The molecule has 1 unspecified atom stereocenters. The quantitative estimate of drug-likeness (QED) is 0.908. The molecule has 0 saturated heterocycles. The number of hydrogen-bond donors (Lipinski definition) is 1. The standard InChI is InChI=1S/C14H19NO2S/c1-8(2)13-14(16)15-12-10(17-9(3)4)6-5-7-11(12)18-13/h5-9,13H,1-4H3,(H,15,16). The zero-order chi connectivity index (χ0) is 13.3. The predicted molar refractivity (Wildman–Crippen MR) is 75.3 cm³/mol. The predicted octanol–water partition coefficient (Wildman–Crippen LogP) is 3.54. The Balaban J connectivity index is 2.33. The fourth-order valence-corrected chi connectivity index (χ4v) is 3.05. The van der Waals surface area contributed by atoms with Gasteiger partial charge >= 0.3 is 0 Å². The van der Waals surface area contributed by atoms with Crippen molar-refractivity contribution in [2.75, 3.05) is 5.32 Å². The Morgan fingerprint density at radius 2 is 2.00 bits per heavy atom. The first-order valence-corrected chi connectivity index (χ1v) is 7.14. The first-order valence-electron chi connectivity index (χ1n) is 6.26. The summed E-state index contributed by atoms with van der Waals surface area (Å²) < 4.78 is 5.73. The van der Waals surface area contributed by atoms with Crippen LogP contribution in [-0.2, 0) is 4.79 Å². The summed E-state index contributed by atoms with van der Waals surface area (Å²) in [7, 11) is 0. The number of ether oxygens (including phenoxy) is 1. The minimum Gasteiger partial charge on any atom is -0.489 e.